The normalized spacial score (nSPS) is 10.8. The van der Waals surface area contributed by atoms with Gasteiger partial charge in [0, 0.05) is 26.7 Å². The predicted octanol–water partition coefficient (Wildman–Crippen LogP) is 1.86. The first-order valence-corrected chi connectivity index (χ1v) is 6.70. The molecular formula is C14H20ClF3N2O3. The zero-order chi connectivity index (χ0) is 16.4. The topological polar surface area (TPSA) is 59.6 Å². The van der Waals surface area contributed by atoms with Crippen molar-refractivity contribution in [1.29, 1.82) is 0 Å². The Morgan fingerprint density at radius 2 is 1.78 bits per heavy atom. The summed E-state index contributed by atoms with van der Waals surface area (Å²) in [4.78, 5) is 11.5. The van der Waals surface area contributed by atoms with Gasteiger partial charge in [-0.1, -0.05) is 0 Å². The lowest BCUT2D eigenvalue weighted by Gasteiger charge is -2.10. The number of nitrogens with one attached hydrogen (secondary N) is 2. The highest BCUT2D eigenvalue weighted by Crippen LogP contribution is 2.30. The molecule has 1 amide bonds. The predicted molar refractivity (Wildman–Crippen MR) is 81.9 cm³/mol. The van der Waals surface area contributed by atoms with E-state index in [-0.39, 0.29) is 30.7 Å². The summed E-state index contributed by atoms with van der Waals surface area (Å²) in [5, 5.41) is 5.67. The van der Waals surface area contributed by atoms with Crippen LogP contribution in [0.5, 0.6) is 5.75 Å². The van der Waals surface area contributed by atoms with Gasteiger partial charge in [-0.15, -0.1) is 12.4 Å². The molecule has 9 heteroatoms. The number of rotatable bonds is 9. The SMILES string of the molecule is COCCNCCNC(=O)COc1ccc(C(F)(F)F)cc1.Cl. The van der Waals surface area contributed by atoms with Gasteiger partial charge in [0.05, 0.1) is 12.2 Å². The molecule has 0 radical (unpaired) electrons. The summed E-state index contributed by atoms with van der Waals surface area (Å²) in [6.07, 6.45) is -4.38. The average Bonchev–Trinajstić information content (AvgIpc) is 2.48. The fourth-order valence-corrected chi connectivity index (χ4v) is 1.53. The zero-order valence-electron chi connectivity index (χ0n) is 12.6. The van der Waals surface area contributed by atoms with E-state index < -0.39 is 11.7 Å². The average molecular weight is 357 g/mol. The number of halogens is 4. The Bertz CT molecular complexity index is 456. The smallest absolute Gasteiger partial charge is 0.416 e. The number of methoxy groups -OCH3 is 1. The molecule has 0 spiro atoms. The lowest BCUT2D eigenvalue weighted by molar-refractivity contribution is -0.137. The quantitative estimate of drug-likeness (QED) is 0.663. The fraction of sp³-hybridized carbons (Fsp3) is 0.500. The first kappa shape index (κ1) is 21.5. The maximum atomic E-state index is 12.4. The molecule has 0 bridgehead atoms. The van der Waals surface area contributed by atoms with E-state index in [4.69, 9.17) is 9.47 Å². The van der Waals surface area contributed by atoms with Crippen LogP contribution in [-0.4, -0.2) is 45.9 Å². The van der Waals surface area contributed by atoms with Crippen molar-refractivity contribution in [3.63, 3.8) is 0 Å². The van der Waals surface area contributed by atoms with E-state index >= 15 is 0 Å². The number of ether oxygens (including phenoxy) is 2. The summed E-state index contributed by atoms with van der Waals surface area (Å²) in [5.41, 5.74) is -0.758. The summed E-state index contributed by atoms with van der Waals surface area (Å²) < 4.78 is 47.1. The molecule has 0 atom stereocenters. The van der Waals surface area contributed by atoms with Gasteiger partial charge in [-0.3, -0.25) is 4.79 Å². The van der Waals surface area contributed by atoms with E-state index in [9.17, 15) is 18.0 Å². The summed E-state index contributed by atoms with van der Waals surface area (Å²) in [5.74, 6) is -0.130. The maximum absolute atomic E-state index is 12.4. The minimum Gasteiger partial charge on any atom is -0.484 e. The lowest BCUT2D eigenvalue weighted by atomic mass is 10.2. The van der Waals surface area contributed by atoms with Gasteiger partial charge in [0.15, 0.2) is 6.61 Å². The molecule has 0 heterocycles. The van der Waals surface area contributed by atoms with Gasteiger partial charge >= 0.3 is 6.18 Å². The van der Waals surface area contributed by atoms with Crippen molar-refractivity contribution < 1.29 is 27.4 Å². The molecule has 23 heavy (non-hydrogen) atoms. The fourth-order valence-electron chi connectivity index (χ4n) is 1.53. The van der Waals surface area contributed by atoms with Crippen molar-refractivity contribution >= 4 is 18.3 Å². The van der Waals surface area contributed by atoms with E-state index in [0.29, 0.717) is 26.2 Å². The zero-order valence-corrected chi connectivity index (χ0v) is 13.4. The molecule has 0 saturated carbocycles. The molecular weight excluding hydrogens is 337 g/mol. The molecule has 0 aromatic heterocycles. The van der Waals surface area contributed by atoms with Gasteiger partial charge in [0.25, 0.3) is 5.91 Å². The van der Waals surface area contributed by atoms with Gasteiger partial charge < -0.3 is 20.1 Å². The highest BCUT2D eigenvalue weighted by Gasteiger charge is 2.30. The maximum Gasteiger partial charge on any atom is 0.416 e. The van der Waals surface area contributed by atoms with Crippen molar-refractivity contribution in [1.82, 2.24) is 10.6 Å². The van der Waals surface area contributed by atoms with Crippen LogP contribution in [0.2, 0.25) is 0 Å². The highest BCUT2D eigenvalue weighted by molar-refractivity contribution is 5.85. The third-order valence-electron chi connectivity index (χ3n) is 2.66. The standard InChI is InChI=1S/C14H19F3N2O3.ClH/c1-21-9-8-18-6-7-19-13(20)10-22-12-4-2-11(3-5-12)14(15,16)17;/h2-5,18H,6-10H2,1H3,(H,19,20);1H. The second kappa shape index (κ2) is 11.1. The van der Waals surface area contributed by atoms with E-state index in [0.717, 1.165) is 12.1 Å². The molecule has 0 fully saturated rings. The van der Waals surface area contributed by atoms with Crippen LogP contribution in [0.4, 0.5) is 13.2 Å². The molecule has 0 unspecified atom stereocenters. The van der Waals surface area contributed by atoms with E-state index in [1.54, 1.807) is 7.11 Å². The van der Waals surface area contributed by atoms with Gasteiger partial charge in [-0.2, -0.15) is 13.2 Å². The lowest BCUT2D eigenvalue weighted by Crippen LogP contribution is -2.35. The van der Waals surface area contributed by atoms with Crippen LogP contribution < -0.4 is 15.4 Å². The molecule has 0 aliphatic rings. The Morgan fingerprint density at radius 3 is 2.35 bits per heavy atom. The van der Waals surface area contributed by atoms with Crippen LogP contribution in [-0.2, 0) is 15.7 Å². The van der Waals surface area contributed by atoms with Gasteiger partial charge in [-0.05, 0) is 24.3 Å². The Morgan fingerprint density at radius 1 is 1.13 bits per heavy atom. The van der Waals surface area contributed by atoms with Crippen LogP contribution in [0, 0.1) is 0 Å². The van der Waals surface area contributed by atoms with Gasteiger partial charge in [-0.25, -0.2) is 0 Å². The van der Waals surface area contributed by atoms with Crippen molar-refractivity contribution in [3.8, 4) is 5.75 Å². The minimum absolute atomic E-state index is 0. The van der Waals surface area contributed by atoms with Crippen LogP contribution in [0.25, 0.3) is 0 Å². The number of hydrogen-bond acceptors (Lipinski definition) is 4. The van der Waals surface area contributed by atoms with Gasteiger partial charge in [0.1, 0.15) is 5.75 Å². The third-order valence-corrected chi connectivity index (χ3v) is 2.66. The summed E-state index contributed by atoms with van der Waals surface area (Å²) in [6.45, 7) is 2.05. The largest absolute Gasteiger partial charge is 0.484 e. The molecule has 0 aliphatic heterocycles. The molecule has 5 nitrogen and oxygen atoms in total. The molecule has 1 rings (SSSR count). The van der Waals surface area contributed by atoms with Gasteiger partial charge in [0.2, 0.25) is 0 Å². The van der Waals surface area contributed by atoms with Crippen LogP contribution in [0.3, 0.4) is 0 Å². The molecule has 0 saturated heterocycles. The van der Waals surface area contributed by atoms with Crippen molar-refractivity contribution in [2.45, 2.75) is 6.18 Å². The number of hydrogen-bond donors (Lipinski definition) is 2. The Kier molecular flexibility index (Phi) is 10.4. The van der Waals surface area contributed by atoms with Crippen LogP contribution in [0.15, 0.2) is 24.3 Å². The van der Waals surface area contributed by atoms with Crippen molar-refractivity contribution in [2.75, 3.05) is 40.0 Å². The molecule has 2 N–H and O–H groups in total. The number of amides is 1. The van der Waals surface area contributed by atoms with Crippen molar-refractivity contribution in [2.24, 2.45) is 0 Å². The second-order valence-electron chi connectivity index (χ2n) is 4.40. The van der Waals surface area contributed by atoms with E-state index in [2.05, 4.69) is 10.6 Å². The summed E-state index contributed by atoms with van der Waals surface area (Å²) in [7, 11) is 1.60. The minimum atomic E-state index is -4.38. The molecule has 0 aliphatic carbocycles. The van der Waals surface area contributed by atoms with E-state index in [1.165, 1.54) is 12.1 Å². The summed E-state index contributed by atoms with van der Waals surface area (Å²) in [6, 6.07) is 4.19. The van der Waals surface area contributed by atoms with Crippen molar-refractivity contribution in [3.05, 3.63) is 29.8 Å². The third kappa shape index (κ3) is 9.27. The first-order chi connectivity index (χ1) is 10.4. The molecule has 1 aromatic rings. The highest BCUT2D eigenvalue weighted by atomic mass is 35.5. The molecule has 132 valence electrons. The Hall–Kier alpha value is -1.51. The number of benzene rings is 1. The molecule has 1 aromatic carbocycles. The monoisotopic (exact) mass is 356 g/mol. The number of carbonyl (C=O) groups excluding carboxylic acids is 1. The number of carbonyl (C=O) groups is 1. The summed E-state index contributed by atoms with van der Waals surface area (Å²) >= 11 is 0. The van der Waals surface area contributed by atoms with Crippen LogP contribution >= 0.6 is 12.4 Å². The van der Waals surface area contributed by atoms with Crippen LogP contribution in [0.1, 0.15) is 5.56 Å². The van der Waals surface area contributed by atoms with E-state index in [1.807, 2.05) is 0 Å². The Labute approximate surface area is 138 Å². The second-order valence-corrected chi connectivity index (χ2v) is 4.40. The first-order valence-electron chi connectivity index (χ1n) is 6.70. The Balaban J connectivity index is 0.00000484. The number of alkyl halides is 3.